The van der Waals surface area contributed by atoms with Gasteiger partial charge in [-0.05, 0) is 37.9 Å². The Hall–Kier alpha value is -0.670. The lowest BCUT2D eigenvalue weighted by Gasteiger charge is -2.30. The zero-order chi connectivity index (χ0) is 13.5. The van der Waals surface area contributed by atoms with Gasteiger partial charge in [0.2, 0.25) is 0 Å². The summed E-state index contributed by atoms with van der Waals surface area (Å²) >= 11 is 0. The fourth-order valence-corrected chi connectivity index (χ4v) is 2.37. The van der Waals surface area contributed by atoms with Gasteiger partial charge >= 0.3 is 0 Å². The van der Waals surface area contributed by atoms with E-state index in [4.69, 9.17) is 14.2 Å². The Bertz CT molecular complexity index is 371. The summed E-state index contributed by atoms with van der Waals surface area (Å²) in [6, 6.07) is 7.86. The molecule has 0 aromatic heterocycles. The summed E-state index contributed by atoms with van der Waals surface area (Å²) in [5, 5.41) is 3.08. The van der Waals surface area contributed by atoms with Gasteiger partial charge in [-0.1, -0.05) is 21.5 Å². The van der Waals surface area contributed by atoms with E-state index in [2.05, 4.69) is 14.5 Å². The van der Waals surface area contributed by atoms with Crippen LogP contribution < -0.4 is 9.82 Å². The highest BCUT2D eigenvalue weighted by Gasteiger charge is 2.23. The molecular formula is C14H22NO3P. The molecule has 4 nitrogen and oxygen atoms in total. The van der Waals surface area contributed by atoms with Crippen LogP contribution >= 0.6 is 9.39 Å². The van der Waals surface area contributed by atoms with Gasteiger partial charge in [0.25, 0.3) is 0 Å². The molecule has 19 heavy (non-hydrogen) atoms. The van der Waals surface area contributed by atoms with Gasteiger partial charge in [0.1, 0.15) is 5.75 Å². The highest BCUT2D eigenvalue weighted by atomic mass is 31.0. The zero-order valence-corrected chi connectivity index (χ0v) is 12.5. The molecule has 0 bridgehead atoms. The van der Waals surface area contributed by atoms with E-state index >= 15 is 0 Å². The molecule has 0 spiro atoms. The topological polar surface area (TPSA) is 39.7 Å². The molecule has 106 valence electrons. The largest absolute Gasteiger partial charge is 0.497 e. The van der Waals surface area contributed by atoms with Crippen LogP contribution in [0.4, 0.5) is 0 Å². The standard InChI is InChI=1S/C14H22NO3P/c1-16-12-6-4-11(5-7-12)14-17-10-8-13(18-14)3-2-9-15-19/h4-7,13-15H,2-3,8-10,19H2,1H3/t13-,14?/m0/s1. The zero-order valence-electron chi connectivity index (χ0n) is 11.3. The SMILES string of the molecule is COc1ccc(C2OCC[C@H](CCCNP)O2)cc1. The monoisotopic (exact) mass is 283 g/mol. The van der Waals surface area contributed by atoms with Crippen LogP contribution in [0.5, 0.6) is 5.75 Å². The summed E-state index contributed by atoms with van der Waals surface area (Å²) in [5.74, 6) is 0.850. The van der Waals surface area contributed by atoms with Crippen LogP contribution in [0.25, 0.3) is 0 Å². The first kappa shape index (κ1) is 14.7. The van der Waals surface area contributed by atoms with Crippen LogP contribution in [0, 0.1) is 0 Å². The molecule has 0 saturated carbocycles. The minimum Gasteiger partial charge on any atom is -0.497 e. The second-order valence-electron chi connectivity index (χ2n) is 4.62. The van der Waals surface area contributed by atoms with Crippen molar-refractivity contribution in [2.75, 3.05) is 20.3 Å². The molecule has 3 atom stereocenters. The van der Waals surface area contributed by atoms with Crippen molar-refractivity contribution in [3.8, 4) is 5.75 Å². The Balaban J connectivity index is 1.88. The fourth-order valence-electron chi connectivity index (χ4n) is 2.17. The van der Waals surface area contributed by atoms with Gasteiger partial charge in [0.15, 0.2) is 6.29 Å². The van der Waals surface area contributed by atoms with E-state index in [9.17, 15) is 0 Å². The number of hydrogen-bond donors (Lipinski definition) is 1. The smallest absolute Gasteiger partial charge is 0.184 e. The van der Waals surface area contributed by atoms with E-state index in [-0.39, 0.29) is 6.29 Å². The Morgan fingerprint density at radius 3 is 2.84 bits per heavy atom. The molecule has 2 unspecified atom stereocenters. The Morgan fingerprint density at radius 2 is 2.16 bits per heavy atom. The third-order valence-electron chi connectivity index (χ3n) is 3.26. The molecule has 1 aliphatic heterocycles. The molecule has 0 aliphatic carbocycles. The lowest BCUT2D eigenvalue weighted by molar-refractivity contribution is -0.218. The number of hydrogen-bond acceptors (Lipinski definition) is 4. The minimum atomic E-state index is -0.242. The van der Waals surface area contributed by atoms with Crippen molar-refractivity contribution in [2.24, 2.45) is 0 Å². The number of rotatable bonds is 6. The molecule has 5 heteroatoms. The lowest BCUT2D eigenvalue weighted by Crippen LogP contribution is -2.27. The Morgan fingerprint density at radius 1 is 1.37 bits per heavy atom. The molecule has 1 aliphatic rings. The summed E-state index contributed by atoms with van der Waals surface area (Å²) in [4.78, 5) is 0. The highest BCUT2D eigenvalue weighted by Crippen LogP contribution is 2.29. The van der Waals surface area contributed by atoms with Crippen LogP contribution in [0.15, 0.2) is 24.3 Å². The minimum absolute atomic E-state index is 0.242. The van der Waals surface area contributed by atoms with E-state index in [1.54, 1.807) is 7.11 Å². The molecule has 2 rings (SSSR count). The van der Waals surface area contributed by atoms with Crippen molar-refractivity contribution in [2.45, 2.75) is 31.7 Å². The van der Waals surface area contributed by atoms with E-state index in [1.165, 1.54) is 0 Å². The number of benzene rings is 1. The van der Waals surface area contributed by atoms with Crippen molar-refractivity contribution in [3.05, 3.63) is 29.8 Å². The van der Waals surface area contributed by atoms with Gasteiger partial charge < -0.3 is 19.3 Å². The predicted molar refractivity (Wildman–Crippen MR) is 78.1 cm³/mol. The first-order chi connectivity index (χ1) is 9.33. The first-order valence-corrected chi connectivity index (χ1v) is 7.25. The first-order valence-electron chi connectivity index (χ1n) is 6.68. The number of methoxy groups -OCH3 is 1. The van der Waals surface area contributed by atoms with Crippen LogP contribution in [-0.2, 0) is 9.47 Å². The second-order valence-corrected chi connectivity index (χ2v) is 5.03. The third-order valence-corrected chi connectivity index (χ3v) is 3.55. The normalized spacial score (nSPS) is 23.3. The summed E-state index contributed by atoms with van der Waals surface area (Å²) in [6.45, 7) is 1.76. The third kappa shape index (κ3) is 4.43. The van der Waals surface area contributed by atoms with Crippen LogP contribution in [-0.4, -0.2) is 26.4 Å². The summed E-state index contributed by atoms with van der Waals surface area (Å²) in [6.07, 6.45) is 3.21. The maximum absolute atomic E-state index is 5.99. The molecular weight excluding hydrogens is 261 g/mol. The van der Waals surface area contributed by atoms with Gasteiger partial charge in [-0.25, -0.2) is 0 Å². The van der Waals surface area contributed by atoms with Crippen molar-refractivity contribution in [1.82, 2.24) is 5.09 Å². The Kier molecular flexibility index (Phi) is 6.05. The van der Waals surface area contributed by atoms with Crippen LogP contribution in [0.2, 0.25) is 0 Å². The van der Waals surface area contributed by atoms with Gasteiger partial charge in [-0.3, -0.25) is 0 Å². The average molecular weight is 283 g/mol. The van der Waals surface area contributed by atoms with Crippen molar-refractivity contribution >= 4 is 9.39 Å². The van der Waals surface area contributed by atoms with Crippen molar-refractivity contribution in [1.29, 1.82) is 0 Å². The molecule has 0 amide bonds. The molecule has 1 saturated heterocycles. The highest BCUT2D eigenvalue weighted by molar-refractivity contribution is 7.13. The van der Waals surface area contributed by atoms with Gasteiger partial charge in [0.05, 0.1) is 19.8 Å². The second kappa shape index (κ2) is 7.81. The molecule has 0 radical (unpaired) electrons. The Labute approximate surface area is 117 Å². The summed E-state index contributed by atoms with van der Waals surface area (Å²) in [7, 11) is 4.19. The maximum Gasteiger partial charge on any atom is 0.184 e. The van der Waals surface area contributed by atoms with E-state index in [0.717, 1.165) is 43.7 Å². The summed E-state index contributed by atoms with van der Waals surface area (Å²) < 4.78 is 16.8. The summed E-state index contributed by atoms with van der Waals surface area (Å²) in [5.41, 5.74) is 1.05. The maximum atomic E-state index is 5.99. The van der Waals surface area contributed by atoms with Crippen molar-refractivity contribution < 1.29 is 14.2 Å². The molecule has 1 fully saturated rings. The molecule has 1 aromatic carbocycles. The van der Waals surface area contributed by atoms with Crippen LogP contribution in [0.1, 0.15) is 31.1 Å². The van der Waals surface area contributed by atoms with Crippen LogP contribution in [0.3, 0.4) is 0 Å². The van der Waals surface area contributed by atoms with Gasteiger partial charge in [-0.2, -0.15) is 0 Å². The number of nitrogens with one attached hydrogen (secondary N) is 1. The average Bonchev–Trinajstić information content (AvgIpc) is 2.48. The predicted octanol–water partition coefficient (Wildman–Crippen LogP) is 2.66. The molecule has 1 N–H and O–H groups in total. The molecule has 1 heterocycles. The molecule has 1 aromatic rings. The van der Waals surface area contributed by atoms with Gasteiger partial charge in [0, 0.05) is 5.56 Å². The lowest BCUT2D eigenvalue weighted by atomic mass is 10.1. The van der Waals surface area contributed by atoms with Crippen molar-refractivity contribution in [3.63, 3.8) is 0 Å². The quantitative estimate of drug-likeness (QED) is 0.643. The number of ether oxygens (including phenoxy) is 3. The van der Waals surface area contributed by atoms with Gasteiger partial charge in [-0.15, -0.1) is 0 Å². The van der Waals surface area contributed by atoms with E-state index in [1.807, 2.05) is 24.3 Å². The van der Waals surface area contributed by atoms with E-state index in [0.29, 0.717) is 6.10 Å². The van der Waals surface area contributed by atoms with E-state index < -0.39 is 0 Å². The fraction of sp³-hybridized carbons (Fsp3) is 0.571.